The third-order valence-corrected chi connectivity index (χ3v) is 6.57. The first-order valence-corrected chi connectivity index (χ1v) is 11.8. The molecule has 0 atom stereocenters. The molecule has 0 saturated carbocycles. The standard InChI is InChI=1S/C27H27ClN4O2/c1-34-25-12-11-21(28)17-22(25)27(33)31-15-13-30(14-16-31)19-26-29-23-9-5-6-10-24(23)32(26)18-20-7-3-2-4-8-20/h2-12,17H,13-16,18-19H2,1H3. The maximum atomic E-state index is 13.1. The number of halogens is 1. The fraction of sp³-hybridized carbons (Fsp3) is 0.259. The predicted octanol–water partition coefficient (Wildman–Crippen LogP) is 4.70. The van der Waals surface area contributed by atoms with Crippen LogP contribution in [0.25, 0.3) is 11.0 Å². The van der Waals surface area contributed by atoms with Crippen molar-refractivity contribution in [2.75, 3.05) is 33.3 Å². The maximum absolute atomic E-state index is 13.1. The monoisotopic (exact) mass is 474 g/mol. The number of fused-ring (bicyclic) bond motifs is 1. The van der Waals surface area contributed by atoms with E-state index in [9.17, 15) is 4.79 Å². The summed E-state index contributed by atoms with van der Waals surface area (Å²) in [7, 11) is 1.57. The van der Waals surface area contributed by atoms with Crippen molar-refractivity contribution in [2.24, 2.45) is 0 Å². The number of methoxy groups -OCH3 is 1. The number of amides is 1. The van der Waals surface area contributed by atoms with E-state index in [2.05, 4.69) is 51.9 Å². The number of para-hydroxylation sites is 2. The van der Waals surface area contributed by atoms with E-state index < -0.39 is 0 Å². The maximum Gasteiger partial charge on any atom is 0.257 e. The minimum Gasteiger partial charge on any atom is -0.496 e. The van der Waals surface area contributed by atoms with Gasteiger partial charge in [-0.1, -0.05) is 54.1 Å². The van der Waals surface area contributed by atoms with Crippen LogP contribution in [0.3, 0.4) is 0 Å². The highest BCUT2D eigenvalue weighted by Crippen LogP contribution is 2.25. The minimum absolute atomic E-state index is 0.0460. The molecule has 0 N–H and O–H groups in total. The van der Waals surface area contributed by atoms with Gasteiger partial charge in [-0.25, -0.2) is 4.98 Å². The van der Waals surface area contributed by atoms with Gasteiger partial charge in [0.1, 0.15) is 11.6 Å². The first kappa shape index (κ1) is 22.4. The molecule has 174 valence electrons. The Balaban J connectivity index is 1.31. The van der Waals surface area contributed by atoms with E-state index in [1.165, 1.54) is 5.56 Å². The van der Waals surface area contributed by atoms with Gasteiger partial charge in [0, 0.05) is 37.7 Å². The predicted molar refractivity (Wildman–Crippen MR) is 134 cm³/mol. The Morgan fingerprint density at radius 1 is 0.941 bits per heavy atom. The fourth-order valence-electron chi connectivity index (χ4n) is 4.52. The third-order valence-electron chi connectivity index (χ3n) is 6.33. The van der Waals surface area contributed by atoms with Gasteiger partial charge in [0.2, 0.25) is 0 Å². The third kappa shape index (κ3) is 4.65. The largest absolute Gasteiger partial charge is 0.496 e. The Bertz CT molecular complexity index is 1300. The summed E-state index contributed by atoms with van der Waals surface area (Å²) in [6.07, 6.45) is 0. The summed E-state index contributed by atoms with van der Waals surface area (Å²) < 4.78 is 7.68. The topological polar surface area (TPSA) is 50.6 Å². The van der Waals surface area contributed by atoms with E-state index in [0.29, 0.717) is 29.4 Å². The zero-order valence-corrected chi connectivity index (χ0v) is 19.9. The fourth-order valence-corrected chi connectivity index (χ4v) is 4.69. The van der Waals surface area contributed by atoms with Crippen molar-refractivity contribution in [2.45, 2.75) is 13.1 Å². The normalized spacial score (nSPS) is 14.5. The molecule has 0 spiro atoms. The van der Waals surface area contributed by atoms with E-state index in [-0.39, 0.29) is 5.91 Å². The molecule has 1 aliphatic rings. The first-order valence-electron chi connectivity index (χ1n) is 11.5. The second-order valence-electron chi connectivity index (χ2n) is 8.50. The van der Waals surface area contributed by atoms with Crippen LogP contribution in [-0.2, 0) is 13.1 Å². The summed E-state index contributed by atoms with van der Waals surface area (Å²) in [6, 6.07) is 23.9. The van der Waals surface area contributed by atoms with Crippen LogP contribution in [0, 0.1) is 0 Å². The van der Waals surface area contributed by atoms with Crippen molar-refractivity contribution >= 4 is 28.5 Å². The van der Waals surface area contributed by atoms with Crippen molar-refractivity contribution < 1.29 is 9.53 Å². The summed E-state index contributed by atoms with van der Waals surface area (Å²) in [6.45, 7) is 4.38. The number of hydrogen-bond donors (Lipinski definition) is 0. The summed E-state index contributed by atoms with van der Waals surface area (Å²) in [5.41, 5.74) is 3.91. The van der Waals surface area contributed by atoms with Crippen molar-refractivity contribution in [3.8, 4) is 5.75 Å². The van der Waals surface area contributed by atoms with Crippen LogP contribution in [0.5, 0.6) is 5.75 Å². The number of rotatable bonds is 6. The van der Waals surface area contributed by atoms with E-state index in [1.54, 1.807) is 25.3 Å². The molecule has 34 heavy (non-hydrogen) atoms. The number of nitrogens with zero attached hydrogens (tertiary/aromatic N) is 4. The molecular weight excluding hydrogens is 448 g/mol. The van der Waals surface area contributed by atoms with Gasteiger partial charge in [-0.3, -0.25) is 9.69 Å². The quantitative estimate of drug-likeness (QED) is 0.406. The number of benzene rings is 3. The zero-order valence-electron chi connectivity index (χ0n) is 19.2. The molecule has 1 fully saturated rings. The van der Waals surface area contributed by atoms with Crippen LogP contribution < -0.4 is 4.74 Å². The lowest BCUT2D eigenvalue weighted by Gasteiger charge is -2.34. The van der Waals surface area contributed by atoms with Gasteiger partial charge in [-0.2, -0.15) is 0 Å². The molecule has 0 aliphatic carbocycles. The van der Waals surface area contributed by atoms with Crippen LogP contribution in [0.2, 0.25) is 5.02 Å². The van der Waals surface area contributed by atoms with Gasteiger partial charge in [0.05, 0.1) is 30.3 Å². The molecule has 0 bridgehead atoms. The number of hydrogen-bond acceptors (Lipinski definition) is 4. The van der Waals surface area contributed by atoms with E-state index in [1.807, 2.05) is 17.0 Å². The van der Waals surface area contributed by atoms with Crippen LogP contribution in [0.4, 0.5) is 0 Å². The Hall–Kier alpha value is -3.35. The minimum atomic E-state index is -0.0460. The van der Waals surface area contributed by atoms with Gasteiger partial charge < -0.3 is 14.2 Å². The highest BCUT2D eigenvalue weighted by atomic mass is 35.5. The van der Waals surface area contributed by atoms with Crippen LogP contribution >= 0.6 is 11.6 Å². The molecule has 1 aromatic heterocycles. The number of imidazole rings is 1. The Morgan fingerprint density at radius 2 is 1.68 bits per heavy atom. The van der Waals surface area contributed by atoms with Crippen LogP contribution in [0.15, 0.2) is 72.8 Å². The second-order valence-corrected chi connectivity index (χ2v) is 8.94. The highest BCUT2D eigenvalue weighted by molar-refractivity contribution is 6.31. The molecule has 0 radical (unpaired) electrons. The Morgan fingerprint density at radius 3 is 2.44 bits per heavy atom. The molecule has 7 heteroatoms. The van der Waals surface area contributed by atoms with Gasteiger partial charge >= 0.3 is 0 Å². The second kappa shape index (κ2) is 9.87. The first-order chi connectivity index (χ1) is 16.6. The lowest BCUT2D eigenvalue weighted by Crippen LogP contribution is -2.48. The molecule has 0 unspecified atom stereocenters. The number of ether oxygens (including phenoxy) is 1. The summed E-state index contributed by atoms with van der Waals surface area (Å²) >= 11 is 6.13. The van der Waals surface area contributed by atoms with Gasteiger partial charge in [-0.15, -0.1) is 0 Å². The van der Waals surface area contributed by atoms with Crippen LogP contribution in [0.1, 0.15) is 21.7 Å². The number of carbonyl (C=O) groups is 1. The summed E-state index contributed by atoms with van der Waals surface area (Å²) in [4.78, 5) is 22.3. The van der Waals surface area contributed by atoms with Gasteiger partial charge in [-0.05, 0) is 35.9 Å². The number of carbonyl (C=O) groups excluding carboxylic acids is 1. The van der Waals surface area contributed by atoms with Crippen molar-refractivity contribution in [3.63, 3.8) is 0 Å². The van der Waals surface area contributed by atoms with Gasteiger partial charge in [0.15, 0.2) is 0 Å². The van der Waals surface area contributed by atoms with E-state index in [4.69, 9.17) is 21.3 Å². The molecule has 5 rings (SSSR count). The molecule has 4 aromatic rings. The lowest BCUT2D eigenvalue weighted by atomic mass is 10.1. The molecule has 1 amide bonds. The molecule has 6 nitrogen and oxygen atoms in total. The van der Waals surface area contributed by atoms with Crippen molar-refractivity contribution in [1.29, 1.82) is 0 Å². The van der Waals surface area contributed by atoms with Crippen molar-refractivity contribution in [1.82, 2.24) is 19.4 Å². The van der Waals surface area contributed by atoms with Crippen LogP contribution in [-0.4, -0.2) is 58.5 Å². The Labute approximate surface area is 204 Å². The average molecular weight is 475 g/mol. The molecule has 1 saturated heterocycles. The Kier molecular flexibility index (Phi) is 6.52. The molecule has 2 heterocycles. The lowest BCUT2D eigenvalue weighted by molar-refractivity contribution is 0.0621. The molecule has 1 aliphatic heterocycles. The molecule has 3 aromatic carbocycles. The summed E-state index contributed by atoms with van der Waals surface area (Å²) in [5.74, 6) is 1.54. The SMILES string of the molecule is COc1ccc(Cl)cc1C(=O)N1CCN(Cc2nc3ccccc3n2Cc2ccccc2)CC1. The van der Waals surface area contributed by atoms with E-state index in [0.717, 1.165) is 43.0 Å². The van der Waals surface area contributed by atoms with Gasteiger partial charge in [0.25, 0.3) is 5.91 Å². The number of aromatic nitrogens is 2. The smallest absolute Gasteiger partial charge is 0.257 e. The number of piperazine rings is 1. The molecular formula is C27H27ClN4O2. The van der Waals surface area contributed by atoms with E-state index >= 15 is 0 Å². The van der Waals surface area contributed by atoms with Crippen molar-refractivity contribution in [3.05, 3.63) is 94.8 Å². The summed E-state index contributed by atoms with van der Waals surface area (Å²) in [5, 5.41) is 0.528. The zero-order chi connectivity index (χ0) is 23.5. The highest BCUT2D eigenvalue weighted by Gasteiger charge is 2.25. The average Bonchev–Trinajstić information content (AvgIpc) is 3.21.